The lowest BCUT2D eigenvalue weighted by Gasteiger charge is -2.65. The van der Waals surface area contributed by atoms with E-state index in [9.17, 15) is 14.4 Å². The fraction of sp³-hybridized carbons (Fsp3) is 0.857. The summed E-state index contributed by atoms with van der Waals surface area (Å²) in [4.78, 5) is 36.7. The molecular formula is C21H32O4. The zero-order valence-corrected chi connectivity index (χ0v) is 16.0. The van der Waals surface area contributed by atoms with E-state index in [-0.39, 0.29) is 22.7 Å². The Morgan fingerprint density at radius 3 is 2.32 bits per heavy atom. The summed E-state index contributed by atoms with van der Waals surface area (Å²) in [5.41, 5.74) is -0.349. The van der Waals surface area contributed by atoms with Gasteiger partial charge in [0.25, 0.3) is 0 Å². The molecule has 0 aromatic carbocycles. The summed E-state index contributed by atoms with van der Waals surface area (Å²) in [7, 11) is 1.37. The highest BCUT2D eigenvalue weighted by Crippen LogP contribution is 2.68. The van der Waals surface area contributed by atoms with Crippen LogP contribution in [-0.4, -0.2) is 25.7 Å². The lowest BCUT2D eigenvalue weighted by molar-refractivity contribution is -0.187. The molecule has 4 heteroatoms. The molecule has 0 heterocycles. The van der Waals surface area contributed by atoms with Crippen LogP contribution in [0, 0.1) is 39.9 Å². The second kappa shape index (κ2) is 6.21. The van der Waals surface area contributed by atoms with Crippen LogP contribution < -0.4 is 0 Å². The lowest BCUT2D eigenvalue weighted by atomic mass is 9.38. The molecule has 0 radical (unpaired) electrons. The molecule has 4 nitrogen and oxygen atoms in total. The number of esters is 1. The van der Waals surface area contributed by atoms with Crippen molar-refractivity contribution in [3.05, 3.63) is 0 Å². The summed E-state index contributed by atoms with van der Waals surface area (Å²) >= 11 is 0. The molecule has 140 valence electrons. The van der Waals surface area contributed by atoms with Gasteiger partial charge in [0, 0.05) is 11.3 Å². The third-order valence-corrected chi connectivity index (χ3v) is 8.28. The number of hydrogen-bond donors (Lipinski definition) is 0. The van der Waals surface area contributed by atoms with Crippen molar-refractivity contribution in [2.24, 2.45) is 39.9 Å². The van der Waals surface area contributed by atoms with E-state index in [4.69, 9.17) is 4.74 Å². The fourth-order valence-electron chi connectivity index (χ4n) is 7.24. The second-order valence-corrected chi connectivity index (χ2v) is 9.59. The average Bonchev–Trinajstić information content (AvgIpc) is 2.58. The van der Waals surface area contributed by atoms with E-state index in [1.54, 1.807) is 0 Å². The molecule has 3 fully saturated rings. The maximum atomic E-state index is 12.4. The SMILES string of the molecule is COC(=O)C1CCC2C3(C)CCCC(C)(C)C3CCC2(C=O)C1C=O. The quantitative estimate of drug-likeness (QED) is 0.575. The Bertz CT molecular complexity index is 568. The van der Waals surface area contributed by atoms with Gasteiger partial charge in [-0.05, 0) is 61.2 Å². The highest BCUT2D eigenvalue weighted by molar-refractivity contribution is 5.81. The first-order chi connectivity index (χ1) is 11.8. The van der Waals surface area contributed by atoms with E-state index in [0.29, 0.717) is 12.3 Å². The monoisotopic (exact) mass is 348 g/mol. The van der Waals surface area contributed by atoms with Crippen LogP contribution in [0.3, 0.4) is 0 Å². The van der Waals surface area contributed by atoms with Gasteiger partial charge in [0.05, 0.1) is 13.0 Å². The molecule has 25 heavy (non-hydrogen) atoms. The number of carbonyl (C=O) groups is 3. The minimum absolute atomic E-state index is 0.0727. The van der Waals surface area contributed by atoms with Crippen LogP contribution in [0.2, 0.25) is 0 Å². The third-order valence-electron chi connectivity index (χ3n) is 8.28. The zero-order valence-electron chi connectivity index (χ0n) is 16.0. The molecule has 3 aliphatic rings. The summed E-state index contributed by atoms with van der Waals surface area (Å²) in [6.07, 6.45) is 8.63. The van der Waals surface area contributed by atoms with Crippen molar-refractivity contribution >= 4 is 18.5 Å². The van der Waals surface area contributed by atoms with Gasteiger partial charge in [0.15, 0.2) is 0 Å². The second-order valence-electron chi connectivity index (χ2n) is 9.59. The van der Waals surface area contributed by atoms with Gasteiger partial charge in [0.1, 0.15) is 12.6 Å². The zero-order chi connectivity index (χ0) is 18.5. The van der Waals surface area contributed by atoms with Gasteiger partial charge < -0.3 is 14.3 Å². The Morgan fingerprint density at radius 1 is 1.00 bits per heavy atom. The number of fused-ring (bicyclic) bond motifs is 3. The Kier molecular flexibility index (Phi) is 4.62. The predicted octanol–water partition coefficient (Wildman–Crippen LogP) is 3.81. The van der Waals surface area contributed by atoms with E-state index in [2.05, 4.69) is 20.8 Å². The van der Waals surface area contributed by atoms with E-state index in [1.807, 2.05) is 0 Å². The van der Waals surface area contributed by atoms with Crippen molar-refractivity contribution < 1.29 is 19.1 Å². The largest absolute Gasteiger partial charge is 0.469 e. The number of methoxy groups -OCH3 is 1. The minimum Gasteiger partial charge on any atom is -0.469 e. The van der Waals surface area contributed by atoms with Crippen LogP contribution in [0.4, 0.5) is 0 Å². The topological polar surface area (TPSA) is 60.4 Å². The van der Waals surface area contributed by atoms with E-state index < -0.39 is 17.3 Å². The van der Waals surface area contributed by atoms with Crippen LogP contribution >= 0.6 is 0 Å². The number of ether oxygens (including phenoxy) is 1. The van der Waals surface area contributed by atoms with E-state index in [0.717, 1.165) is 38.3 Å². The van der Waals surface area contributed by atoms with Gasteiger partial charge in [0.2, 0.25) is 0 Å². The first-order valence-corrected chi connectivity index (χ1v) is 9.76. The van der Waals surface area contributed by atoms with Crippen LogP contribution in [0.15, 0.2) is 0 Å². The van der Waals surface area contributed by atoms with Crippen molar-refractivity contribution in [2.75, 3.05) is 7.11 Å². The Morgan fingerprint density at radius 2 is 1.72 bits per heavy atom. The van der Waals surface area contributed by atoms with Crippen molar-refractivity contribution in [1.29, 1.82) is 0 Å². The van der Waals surface area contributed by atoms with E-state index >= 15 is 0 Å². The summed E-state index contributed by atoms with van der Waals surface area (Å²) in [6.45, 7) is 7.07. The Hall–Kier alpha value is -1.19. The van der Waals surface area contributed by atoms with Crippen LogP contribution in [0.25, 0.3) is 0 Å². The summed E-state index contributed by atoms with van der Waals surface area (Å²) in [5.74, 6) is -0.589. The predicted molar refractivity (Wildman–Crippen MR) is 94.7 cm³/mol. The van der Waals surface area contributed by atoms with Crippen LogP contribution in [0.1, 0.15) is 65.7 Å². The molecular weight excluding hydrogens is 316 g/mol. The normalized spacial score (nSPS) is 45.6. The van der Waals surface area contributed by atoms with Gasteiger partial charge in [-0.15, -0.1) is 0 Å². The lowest BCUT2D eigenvalue weighted by Crippen LogP contribution is -2.61. The molecule has 6 unspecified atom stereocenters. The molecule has 0 N–H and O–H groups in total. The van der Waals surface area contributed by atoms with Gasteiger partial charge in [-0.3, -0.25) is 4.79 Å². The van der Waals surface area contributed by atoms with Crippen LogP contribution in [-0.2, 0) is 19.1 Å². The standard InChI is InChI=1S/C21H32O4/c1-19(2)9-5-10-20(3)16(19)8-11-21(13-23)15(12-22)14(18(24)25-4)6-7-17(20)21/h12-17H,5-11H2,1-4H3. The number of aldehydes is 2. The summed E-state index contributed by atoms with van der Waals surface area (Å²) < 4.78 is 4.94. The van der Waals surface area contributed by atoms with Gasteiger partial charge >= 0.3 is 5.97 Å². The Labute approximate surface area is 151 Å². The highest BCUT2D eigenvalue weighted by Gasteiger charge is 2.64. The molecule has 0 bridgehead atoms. The maximum Gasteiger partial charge on any atom is 0.309 e. The molecule has 0 amide bonds. The summed E-state index contributed by atoms with van der Waals surface area (Å²) in [6, 6.07) is 0. The molecule has 0 aromatic heterocycles. The average molecular weight is 348 g/mol. The van der Waals surface area contributed by atoms with Gasteiger partial charge in [-0.25, -0.2) is 0 Å². The Balaban J connectivity index is 2.04. The van der Waals surface area contributed by atoms with Crippen molar-refractivity contribution in [3.8, 4) is 0 Å². The van der Waals surface area contributed by atoms with Crippen molar-refractivity contribution in [1.82, 2.24) is 0 Å². The first kappa shape index (κ1) is 18.6. The van der Waals surface area contributed by atoms with Crippen molar-refractivity contribution in [3.63, 3.8) is 0 Å². The molecule has 0 saturated heterocycles. The minimum atomic E-state index is -0.697. The molecule has 3 saturated carbocycles. The highest BCUT2D eigenvalue weighted by atomic mass is 16.5. The molecule has 3 rings (SSSR count). The molecule has 0 aliphatic heterocycles. The van der Waals surface area contributed by atoms with Gasteiger partial charge in [-0.1, -0.05) is 27.2 Å². The molecule has 3 aliphatic carbocycles. The summed E-state index contributed by atoms with van der Waals surface area (Å²) in [5, 5.41) is 0. The maximum absolute atomic E-state index is 12.4. The van der Waals surface area contributed by atoms with Crippen LogP contribution in [0.5, 0.6) is 0 Å². The molecule has 6 atom stereocenters. The van der Waals surface area contributed by atoms with Gasteiger partial charge in [-0.2, -0.15) is 0 Å². The number of rotatable bonds is 3. The molecule has 0 spiro atoms. The third kappa shape index (κ3) is 2.50. The molecule has 0 aromatic rings. The van der Waals surface area contributed by atoms with Crippen molar-refractivity contribution in [2.45, 2.75) is 65.7 Å². The smallest absolute Gasteiger partial charge is 0.309 e. The fourth-order valence-corrected chi connectivity index (χ4v) is 7.24. The number of carbonyl (C=O) groups excluding carboxylic acids is 3. The van der Waals surface area contributed by atoms with E-state index in [1.165, 1.54) is 20.0 Å². The first-order valence-electron chi connectivity index (χ1n) is 9.76. The number of hydrogen-bond acceptors (Lipinski definition) is 4.